The van der Waals surface area contributed by atoms with Crippen molar-refractivity contribution < 1.29 is 28.2 Å². The van der Waals surface area contributed by atoms with E-state index in [0.29, 0.717) is 28.7 Å². The van der Waals surface area contributed by atoms with Gasteiger partial charge in [0.05, 0.1) is 18.7 Å². The molecular formula is C32H30FNO5. The van der Waals surface area contributed by atoms with E-state index in [1.54, 1.807) is 36.4 Å². The standard InChI is InChI=1S/C32H30FNO5/c1-32(2,3)22-12-10-20(11-13-22)27-26(28(35)25-18-21-6-5-7-24(38-4)30(21)39-25)29(36)31(37)34(27)17-16-19-8-14-23(33)15-9-19/h5-15,18,27,36H,16-17H2,1-4H3. The van der Waals surface area contributed by atoms with E-state index in [1.165, 1.54) is 24.1 Å². The molecule has 1 amide bonds. The fraction of sp³-hybridized carbons (Fsp3) is 0.250. The lowest BCUT2D eigenvalue weighted by molar-refractivity contribution is -0.129. The van der Waals surface area contributed by atoms with Gasteiger partial charge in [0.2, 0.25) is 5.78 Å². The van der Waals surface area contributed by atoms with Gasteiger partial charge in [-0.1, -0.05) is 69.3 Å². The highest BCUT2D eigenvalue weighted by atomic mass is 19.1. The number of carbonyl (C=O) groups excluding carboxylic acids is 2. The number of para-hydroxylation sites is 1. The summed E-state index contributed by atoms with van der Waals surface area (Å²) < 4.78 is 24.7. The van der Waals surface area contributed by atoms with E-state index >= 15 is 0 Å². The zero-order chi connectivity index (χ0) is 27.9. The molecule has 0 saturated carbocycles. The Kier molecular flexibility index (Phi) is 6.76. The first-order chi connectivity index (χ1) is 18.6. The summed E-state index contributed by atoms with van der Waals surface area (Å²) in [7, 11) is 1.51. The lowest BCUT2D eigenvalue weighted by Crippen LogP contribution is -2.33. The molecule has 1 unspecified atom stereocenters. The number of carbonyl (C=O) groups is 2. The van der Waals surface area contributed by atoms with Crippen molar-refractivity contribution in [3.63, 3.8) is 0 Å². The van der Waals surface area contributed by atoms with Crippen LogP contribution in [0.4, 0.5) is 4.39 Å². The minimum atomic E-state index is -0.824. The number of rotatable bonds is 7. The lowest BCUT2D eigenvalue weighted by atomic mass is 9.85. The molecule has 0 saturated heterocycles. The van der Waals surface area contributed by atoms with Crippen molar-refractivity contribution in [2.75, 3.05) is 13.7 Å². The third-order valence-electron chi connectivity index (χ3n) is 7.15. The number of nitrogens with zero attached hydrogens (tertiary/aromatic N) is 1. The maximum atomic E-state index is 13.9. The summed E-state index contributed by atoms with van der Waals surface area (Å²) in [4.78, 5) is 28.7. The number of benzene rings is 3. The zero-order valence-corrected chi connectivity index (χ0v) is 22.3. The van der Waals surface area contributed by atoms with Gasteiger partial charge in [-0.25, -0.2) is 4.39 Å². The van der Waals surface area contributed by atoms with Crippen molar-refractivity contribution in [2.45, 2.75) is 38.6 Å². The molecule has 39 heavy (non-hydrogen) atoms. The number of aliphatic hydroxyl groups excluding tert-OH is 1. The van der Waals surface area contributed by atoms with Gasteiger partial charge in [0, 0.05) is 11.9 Å². The molecule has 0 aliphatic carbocycles. The summed E-state index contributed by atoms with van der Waals surface area (Å²) in [6.45, 7) is 6.52. The van der Waals surface area contributed by atoms with Crippen LogP contribution in [0.1, 0.15) is 54.1 Å². The number of amides is 1. The fourth-order valence-corrected chi connectivity index (χ4v) is 4.97. The Morgan fingerprint density at radius 3 is 2.38 bits per heavy atom. The molecule has 0 bridgehead atoms. The Labute approximate surface area is 226 Å². The topological polar surface area (TPSA) is 80.0 Å². The van der Waals surface area contributed by atoms with Crippen LogP contribution in [0, 0.1) is 5.82 Å². The van der Waals surface area contributed by atoms with Crippen molar-refractivity contribution in [3.05, 3.63) is 112 Å². The molecule has 2 heterocycles. The molecule has 6 nitrogen and oxygen atoms in total. The zero-order valence-electron chi connectivity index (χ0n) is 22.3. The SMILES string of the molecule is COc1cccc2cc(C(=O)C3=C(O)C(=O)N(CCc4ccc(F)cc4)C3c3ccc(C(C)(C)C)cc3)oc12. The number of Topliss-reactive ketones (excluding diaryl/α,β-unsaturated/α-hetero) is 1. The van der Waals surface area contributed by atoms with E-state index in [2.05, 4.69) is 20.8 Å². The number of methoxy groups -OCH3 is 1. The van der Waals surface area contributed by atoms with Crippen LogP contribution in [-0.4, -0.2) is 35.4 Å². The van der Waals surface area contributed by atoms with Crippen LogP contribution in [0.3, 0.4) is 0 Å². The third kappa shape index (κ3) is 4.92. The second kappa shape index (κ2) is 10.1. The second-order valence-electron chi connectivity index (χ2n) is 10.7. The second-order valence-corrected chi connectivity index (χ2v) is 10.7. The first kappa shape index (κ1) is 26.2. The first-order valence-electron chi connectivity index (χ1n) is 12.8. The molecule has 1 aliphatic rings. The van der Waals surface area contributed by atoms with E-state index < -0.39 is 23.5 Å². The molecule has 0 radical (unpaired) electrons. The fourth-order valence-electron chi connectivity index (χ4n) is 4.97. The van der Waals surface area contributed by atoms with Gasteiger partial charge in [-0.15, -0.1) is 0 Å². The predicted octanol–water partition coefficient (Wildman–Crippen LogP) is 6.70. The van der Waals surface area contributed by atoms with Gasteiger partial charge < -0.3 is 19.2 Å². The third-order valence-corrected chi connectivity index (χ3v) is 7.15. The summed E-state index contributed by atoms with van der Waals surface area (Å²) in [6, 6.07) is 19.8. The number of aliphatic hydroxyl groups is 1. The van der Waals surface area contributed by atoms with E-state index in [1.807, 2.05) is 24.3 Å². The number of ether oxygens (including phenoxy) is 1. The molecule has 0 fully saturated rings. The van der Waals surface area contributed by atoms with Crippen LogP contribution < -0.4 is 4.74 Å². The van der Waals surface area contributed by atoms with Crippen molar-refractivity contribution in [1.29, 1.82) is 0 Å². The van der Waals surface area contributed by atoms with Crippen LogP contribution in [0.5, 0.6) is 5.75 Å². The number of fused-ring (bicyclic) bond motifs is 1. The van der Waals surface area contributed by atoms with Crippen LogP contribution in [0.25, 0.3) is 11.0 Å². The maximum absolute atomic E-state index is 13.9. The van der Waals surface area contributed by atoms with Crippen LogP contribution in [0.2, 0.25) is 0 Å². The number of halogens is 1. The Morgan fingerprint density at radius 1 is 1.05 bits per heavy atom. The van der Waals surface area contributed by atoms with E-state index in [9.17, 15) is 19.1 Å². The highest BCUT2D eigenvalue weighted by molar-refractivity contribution is 6.16. The smallest absolute Gasteiger partial charge is 0.290 e. The molecule has 4 aromatic rings. The largest absolute Gasteiger partial charge is 0.503 e. The van der Waals surface area contributed by atoms with Gasteiger partial charge in [0.25, 0.3) is 5.91 Å². The summed E-state index contributed by atoms with van der Waals surface area (Å²) >= 11 is 0. The number of ketones is 1. The van der Waals surface area contributed by atoms with Crippen LogP contribution in [0.15, 0.2) is 88.5 Å². The number of hydrogen-bond donors (Lipinski definition) is 1. The molecule has 3 aromatic carbocycles. The Balaban J connectivity index is 1.55. The van der Waals surface area contributed by atoms with Crippen molar-refractivity contribution in [3.8, 4) is 5.75 Å². The van der Waals surface area contributed by atoms with Gasteiger partial charge in [0.1, 0.15) is 5.82 Å². The Morgan fingerprint density at radius 2 is 1.74 bits per heavy atom. The minimum absolute atomic E-state index is 0.000506. The van der Waals surface area contributed by atoms with E-state index in [0.717, 1.165) is 11.1 Å². The molecule has 1 aliphatic heterocycles. The molecule has 1 aromatic heterocycles. The maximum Gasteiger partial charge on any atom is 0.290 e. The van der Waals surface area contributed by atoms with Crippen molar-refractivity contribution >= 4 is 22.7 Å². The molecule has 5 rings (SSSR count). The first-order valence-corrected chi connectivity index (χ1v) is 12.8. The minimum Gasteiger partial charge on any atom is -0.503 e. The van der Waals surface area contributed by atoms with Crippen molar-refractivity contribution in [1.82, 2.24) is 4.90 Å². The average Bonchev–Trinajstić information content (AvgIpc) is 3.47. The summed E-state index contributed by atoms with van der Waals surface area (Å²) in [5.74, 6) is -1.69. The highest BCUT2D eigenvalue weighted by Gasteiger charge is 2.44. The average molecular weight is 528 g/mol. The summed E-state index contributed by atoms with van der Waals surface area (Å²) in [5, 5.41) is 11.7. The Bertz CT molecular complexity index is 1580. The van der Waals surface area contributed by atoms with Crippen LogP contribution in [-0.2, 0) is 16.6 Å². The molecular weight excluding hydrogens is 497 g/mol. The monoisotopic (exact) mass is 527 g/mol. The van der Waals surface area contributed by atoms with Gasteiger partial charge in [0.15, 0.2) is 22.9 Å². The number of furan rings is 1. The van der Waals surface area contributed by atoms with Gasteiger partial charge in [-0.3, -0.25) is 9.59 Å². The lowest BCUT2D eigenvalue weighted by Gasteiger charge is -2.27. The Hall–Kier alpha value is -4.39. The van der Waals surface area contributed by atoms with Crippen molar-refractivity contribution in [2.24, 2.45) is 0 Å². The molecule has 0 spiro atoms. The van der Waals surface area contributed by atoms with E-state index in [-0.39, 0.29) is 29.1 Å². The van der Waals surface area contributed by atoms with Crippen LogP contribution >= 0.6 is 0 Å². The normalized spacial score (nSPS) is 15.9. The molecule has 1 N–H and O–H groups in total. The molecule has 1 atom stereocenters. The summed E-state index contributed by atoms with van der Waals surface area (Å²) in [5.41, 5.74) is 2.90. The predicted molar refractivity (Wildman–Crippen MR) is 146 cm³/mol. The van der Waals surface area contributed by atoms with Gasteiger partial charge in [-0.2, -0.15) is 0 Å². The quantitative estimate of drug-likeness (QED) is 0.271. The van der Waals surface area contributed by atoms with Gasteiger partial charge in [-0.05, 0) is 52.8 Å². The van der Waals surface area contributed by atoms with E-state index in [4.69, 9.17) is 9.15 Å². The molecule has 200 valence electrons. The number of hydrogen-bond acceptors (Lipinski definition) is 5. The summed E-state index contributed by atoms with van der Waals surface area (Å²) in [6.07, 6.45) is 0.416. The highest BCUT2D eigenvalue weighted by Crippen LogP contribution is 2.41. The molecule has 7 heteroatoms. The van der Waals surface area contributed by atoms with Gasteiger partial charge >= 0.3 is 0 Å².